The summed E-state index contributed by atoms with van der Waals surface area (Å²) in [6.07, 6.45) is 6.56. The molecule has 1 saturated heterocycles. The topological polar surface area (TPSA) is 84.9 Å². The summed E-state index contributed by atoms with van der Waals surface area (Å²) in [5.74, 6) is 0.784. The standard InChI is InChI=1S/C28H28N2O5S/c1-34-22-13-10-20(11-14-22)16-35-28(33)25-21(12-9-18-7-8-18)17-36-27-24(26(32)30(25)27)29-23(31)15-19-5-3-2-4-6-19/h2-6,9-14,18,24,27H,7-8,15-17H2,1H3,(H,29,31). The first kappa shape index (κ1) is 24.2. The lowest BCUT2D eigenvalue weighted by Gasteiger charge is -2.49. The van der Waals surface area contributed by atoms with Crippen molar-refractivity contribution in [2.75, 3.05) is 12.9 Å². The molecule has 0 radical (unpaired) electrons. The summed E-state index contributed by atoms with van der Waals surface area (Å²) in [6, 6.07) is 16.0. The molecule has 36 heavy (non-hydrogen) atoms. The Morgan fingerprint density at radius 1 is 1.08 bits per heavy atom. The third-order valence-corrected chi connectivity index (χ3v) is 7.74. The zero-order valence-electron chi connectivity index (χ0n) is 20.0. The number of thioether (sulfide) groups is 1. The maximum absolute atomic E-state index is 13.2. The third-order valence-electron chi connectivity index (χ3n) is 6.44. The van der Waals surface area contributed by atoms with E-state index in [4.69, 9.17) is 9.47 Å². The number of ether oxygens (including phenoxy) is 2. The van der Waals surface area contributed by atoms with Crippen LogP contribution in [-0.2, 0) is 32.1 Å². The molecule has 0 bridgehead atoms. The predicted octanol–water partition coefficient (Wildman–Crippen LogP) is 3.60. The van der Waals surface area contributed by atoms with Gasteiger partial charge in [-0.25, -0.2) is 4.79 Å². The van der Waals surface area contributed by atoms with Crippen LogP contribution in [0.25, 0.3) is 0 Å². The minimum atomic E-state index is -0.662. The van der Waals surface area contributed by atoms with Gasteiger partial charge in [0.2, 0.25) is 5.91 Å². The Labute approximate surface area is 214 Å². The number of allylic oxidation sites excluding steroid dienone is 2. The van der Waals surface area contributed by atoms with E-state index in [9.17, 15) is 14.4 Å². The number of fused-ring (bicyclic) bond motifs is 1. The summed E-state index contributed by atoms with van der Waals surface area (Å²) in [6.45, 7) is 0.0863. The molecule has 2 amide bonds. The first-order valence-electron chi connectivity index (χ1n) is 12.0. The van der Waals surface area contributed by atoms with Crippen LogP contribution in [0.2, 0.25) is 0 Å². The van der Waals surface area contributed by atoms with Crippen molar-refractivity contribution in [3.63, 3.8) is 0 Å². The number of amides is 2. The molecule has 3 aliphatic rings. The monoisotopic (exact) mass is 504 g/mol. The van der Waals surface area contributed by atoms with Crippen molar-refractivity contribution in [2.45, 2.75) is 37.3 Å². The van der Waals surface area contributed by atoms with Crippen LogP contribution in [0.4, 0.5) is 0 Å². The van der Waals surface area contributed by atoms with E-state index in [0.29, 0.717) is 11.7 Å². The Morgan fingerprint density at radius 3 is 2.53 bits per heavy atom. The minimum absolute atomic E-state index is 0.0863. The van der Waals surface area contributed by atoms with E-state index in [0.717, 1.165) is 35.3 Å². The zero-order chi connectivity index (χ0) is 25.1. The second kappa shape index (κ2) is 10.6. The fourth-order valence-corrected chi connectivity index (χ4v) is 5.56. The van der Waals surface area contributed by atoms with Gasteiger partial charge in [-0.1, -0.05) is 54.6 Å². The van der Waals surface area contributed by atoms with E-state index in [-0.39, 0.29) is 35.9 Å². The maximum Gasteiger partial charge on any atom is 0.355 e. The van der Waals surface area contributed by atoms with Crippen LogP contribution >= 0.6 is 11.8 Å². The normalized spacial score (nSPS) is 21.1. The van der Waals surface area contributed by atoms with Crippen molar-refractivity contribution in [1.82, 2.24) is 10.2 Å². The Hall–Kier alpha value is -3.52. The molecule has 2 aliphatic heterocycles. The van der Waals surface area contributed by atoms with Gasteiger partial charge in [-0.3, -0.25) is 14.5 Å². The molecular weight excluding hydrogens is 476 g/mol. The van der Waals surface area contributed by atoms with E-state index in [1.54, 1.807) is 31.0 Å². The van der Waals surface area contributed by atoms with Crippen molar-refractivity contribution in [1.29, 1.82) is 0 Å². The fourth-order valence-electron chi connectivity index (χ4n) is 4.25. The second-order valence-electron chi connectivity index (χ2n) is 9.11. The quantitative estimate of drug-likeness (QED) is 0.415. The number of esters is 1. The van der Waals surface area contributed by atoms with Crippen LogP contribution < -0.4 is 10.1 Å². The summed E-state index contributed by atoms with van der Waals surface area (Å²) in [5.41, 5.74) is 2.76. The van der Waals surface area contributed by atoms with Gasteiger partial charge >= 0.3 is 5.97 Å². The number of nitrogens with one attached hydrogen (secondary N) is 1. The van der Waals surface area contributed by atoms with E-state index < -0.39 is 12.0 Å². The highest BCUT2D eigenvalue weighted by Crippen LogP contribution is 2.42. The van der Waals surface area contributed by atoms with Crippen LogP contribution in [0.3, 0.4) is 0 Å². The summed E-state index contributed by atoms with van der Waals surface area (Å²) in [4.78, 5) is 40.5. The summed E-state index contributed by atoms with van der Waals surface area (Å²) < 4.78 is 10.8. The molecule has 7 nitrogen and oxygen atoms in total. The number of hydrogen-bond acceptors (Lipinski definition) is 6. The van der Waals surface area contributed by atoms with Gasteiger partial charge in [0.1, 0.15) is 29.5 Å². The van der Waals surface area contributed by atoms with Crippen LogP contribution in [0.5, 0.6) is 5.75 Å². The first-order valence-corrected chi connectivity index (χ1v) is 13.1. The lowest BCUT2D eigenvalue weighted by atomic mass is 10.0. The average Bonchev–Trinajstić information content (AvgIpc) is 3.74. The number of β-lactam (4-membered cyclic amide) rings is 1. The van der Waals surface area contributed by atoms with Gasteiger partial charge in [-0.05, 0) is 47.6 Å². The predicted molar refractivity (Wildman–Crippen MR) is 137 cm³/mol. The highest BCUT2D eigenvalue weighted by atomic mass is 32.2. The third kappa shape index (κ3) is 5.33. The number of carbonyl (C=O) groups excluding carboxylic acids is 3. The van der Waals surface area contributed by atoms with Crippen LogP contribution in [0, 0.1) is 5.92 Å². The number of benzene rings is 2. The Kier molecular flexibility index (Phi) is 7.13. The minimum Gasteiger partial charge on any atom is -0.497 e. The second-order valence-corrected chi connectivity index (χ2v) is 10.2. The molecular formula is C28H28N2O5S. The molecule has 186 valence electrons. The summed E-state index contributed by atoms with van der Waals surface area (Å²) in [5, 5.41) is 2.53. The smallest absolute Gasteiger partial charge is 0.355 e. The number of carbonyl (C=O) groups is 3. The average molecular weight is 505 g/mol. The highest BCUT2D eigenvalue weighted by Gasteiger charge is 2.54. The summed E-state index contributed by atoms with van der Waals surface area (Å²) >= 11 is 1.55. The van der Waals surface area contributed by atoms with E-state index in [1.807, 2.05) is 48.5 Å². The number of hydrogen-bond donors (Lipinski definition) is 1. The Balaban J connectivity index is 1.29. The lowest BCUT2D eigenvalue weighted by molar-refractivity contribution is -0.153. The van der Waals surface area contributed by atoms with Crippen molar-refractivity contribution in [3.05, 3.63) is 89.1 Å². The van der Waals surface area contributed by atoms with Crippen molar-refractivity contribution in [2.24, 2.45) is 5.92 Å². The molecule has 2 aromatic carbocycles. The number of methoxy groups -OCH3 is 1. The molecule has 2 atom stereocenters. The van der Waals surface area contributed by atoms with Gasteiger partial charge in [0.15, 0.2) is 0 Å². The molecule has 5 rings (SSSR count). The van der Waals surface area contributed by atoms with Crippen LogP contribution in [0.15, 0.2) is 78.0 Å². The van der Waals surface area contributed by atoms with Crippen LogP contribution in [0.1, 0.15) is 24.0 Å². The summed E-state index contributed by atoms with van der Waals surface area (Å²) in [7, 11) is 1.59. The molecule has 2 unspecified atom stereocenters. The van der Waals surface area contributed by atoms with Gasteiger partial charge in [0.05, 0.1) is 13.5 Å². The molecule has 1 N–H and O–H groups in total. The van der Waals surface area contributed by atoms with Crippen molar-refractivity contribution in [3.8, 4) is 5.75 Å². The Morgan fingerprint density at radius 2 is 1.83 bits per heavy atom. The van der Waals surface area contributed by atoms with E-state index in [1.165, 1.54) is 4.90 Å². The highest BCUT2D eigenvalue weighted by molar-refractivity contribution is 8.00. The first-order chi connectivity index (χ1) is 17.5. The Bertz CT molecular complexity index is 1200. The molecule has 2 heterocycles. The van der Waals surface area contributed by atoms with Gasteiger partial charge in [0.25, 0.3) is 5.91 Å². The zero-order valence-corrected chi connectivity index (χ0v) is 20.8. The molecule has 1 saturated carbocycles. The van der Waals surface area contributed by atoms with Crippen molar-refractivity contribution >= 4 is 29.5 Å². The van der Waals surface area contributed by atoms with Crippen molar-refractivity contribution < 1.29 is 23.9 Å². The molecule has 0 aromatic heterocycles. The largest absolute Gasteiger partial charge is 0.497 e. The van der Waals surface area contributed by atoms with Gasteiger partial charge in [-0.15, -0.1) is 11.8 Å². The van der Waals surface area contributed by atoms with Gasteiger partial charge in [-0.2, -0.15) is 0 Å². The van der Waals surface area contributed by atoms with Gasteiger partial charge < -0.3 is 14.8 Å². The molecule has 1 aliphatic carbocycles. The fraction of sp³-hybridized carbons (Fsp3) is 0.321. The molecule has 8 heteroatoms. The number of nitrogens with zero attached hydrogens (tertiary/aromatic N) is 1. The van der Waals surface area contributed by atoms with Gasteiger partial charge in [0, 0.05) is 5.75 Å². The molecule has 2 aromatic rings. The molecule has 2 fully saturated rings. The maximum atomic E-state index is 13.2. The van der Waals surface area contributed by atoms with Crippen LogP contribution in [-0.4, -0.2) is 47.0 Å². The SMILES string of the molecule is COc1ccc(COC(=O)C2=C(C=CC3CC3)CSC3C(NC(=O)Cc4ccccc4)C(=O)N23)cc1. The van der Waals surface area contributed by atoms with E-state index in [2.05, 4.69) is 11.4 Å². The lowest BCUT2D eigenvalue weighted by Crippen LogP contribution is -2.70. The molecule has 0 spiro atoms. The number of rotatable bonds is 9. The van der Waals surface area contributed by atoms with E-state index >= 15 is 0 Å².